The second kappa shape index (κ2) is 4.52. The highest BCUT2D eigenvalue weighted by Gasteiger charge is 2.59. The zero-order valence-corrected chi connectivity index (χ0v) is 14.7. The maximum absolute atomic E-state index is 6.05. The molecule has 0 aliphatic heterocycles. The summed E-state index contributed by atoms with van der Waals surface area (Å²) >= 11 is 8.42. The van der Waals surface area contributed by atoms with Crippen molar-refractivity contribution in [1.82, 2.24) is 0 Å². The molecular weight excluding hydrogens is 369 g/mol. The Kier molecular flexibility index (Phi) is 3.33. The fourth-order valence-electron chi connectivity index (χ4n) is 4.42. The van der Waals surface area contributed by atoms with Crippen molar-refractivity contribution in [2.45, 2.75) is 46.1 Å². The lowest BCUT2D eigenvalue weighted by Crippen LogP contribution is -2.45. The van der Waals surface area contributed by atoms with Crippen molar-refractivity contribution in [3.8, 4) is 0 Å². The largest absolute Gasteiger partial charge is 0.380 e. The maximum Gasteiger partial charge on any atom is 0.0479 e. The molecule has 1 nitrogen and oxygen atoms in total. The maximum atomic E-state index is 6.05. The molecule has 2 fully saturated rings. The molecule has 2 saturated carbocycles. The molecule has 3 heteroatoms. The first-order valence-corrected chi connectivity index (χ1v) is 8.50. The van der Waals surface area contributed by atoms with Crippen molar-refractivity contribution in [3.05, 3.63) is 26.8 Å². The number of fused-ring (bicyclic) bond motifs is 2. The van der Waals surface area contributed by atoms with Crippen molar-refractivity contribution in [2.24, 2.45) is 16.7 Å². The summed E-state index contributed by atoms with van der Waals surface area (Å²) in [5.74, 6) is 0.875. The molecule has 1 unspecified atom stereocenters. The van der Waals surface area contributed by atoms with E-state index in [4.69, 9.17) is 11.6 Å². The van der Waals surface area contributed by atoms with Crippen LogP contribution in [0.4, 0.5) is 5.69 Å². The average Bonchev–Trinajstić information content (AvgIpc) is 2.78. The van der Waals surface area contributed by atoms with E-state index < -0.39 is 0 Å². The second-order valence-corrected chi connectivity index (χ2v) is 8.72. The zero-order chi connectivity index (χ0) is 13.8. The van der Waals surface area contributed by atoms with Gasteiger partial charge in [0.2, 0.25) is 0 Å². The molecule has 0 spiro atoms. The van der Waals surface area contributed by atoms with Crippen molar-refractivity contribution < 1.29 is 0 Å². The van der Waals surface area contributed by atoms with Gasteiger partial charge in [-0.2, -0.15) is 0 Å². The number of rotatable bonds is 2. The molecular formula is C16H21ClIN. The third kappa shape index (κ3) is 2.19. The van der Waals surface area contributed by atoms with Crippen LogP contribution in [0.25, 0.3) is 0 Å². The molecule has 1 aromatic rings. The van der Waals surface area contributed by atoms with Gasteiger partial charge >= 0.3 is 0 Å². The van der Waals surface area contributed by atoms with Gasteiger partial charge in [0.25, 0.3) is 0 Å². The van der Waals surface area contributed by atoms with Gasteiger partial charge in [0.05, 0.1) is 0 Å². The highest BCUT2D eigenvalue weighted by atomic mass is 127. The van der Waals surface area contributed by atoms with Crippen LogP contribution in [0.5, 0.6) is 0 Å². The first-order valence-electron chi connectivity index (χ1n) is 7.04. The number of hydrogen-bond donors (Lipinski definition) is 1. The average molecular weight is 390 g/mol. The molecule has 19 heavy (non-hydrogen) atoms. The number of nitrogens with one attached hydrogen (secondary N) is 1. The lowest BCUT2D eigenvalue weighted by Gasteiger charge is -2.43. The molecule has 0 heterocycles. The van der Waals surface area contributed by atoms with Gasteiger partial charge in [-0.3, -0.25) is 0 Å². The Hall–Kier alpha value is 0.0400. The molecule has 3 rings (SSSR count). The summed E-state index contributed by atoms with van der Waals surface area (Å²) in [6.07, 6.45) is 4.14. The van der Waals surface area contributed by atoms with Crippen LogP contribution in [-0.2, 0) is 0 Å². The Balaban J connectivity index is 1.90. The second-order valence-electron chi connectivity index (χ2n) is 7.12. The Morgan fingerprint density at radius 3 is 2.63 bits per heavy atom. The van der Waals surface area contributed by atoms with Crippen LogP contribution in [0.2, 0.25) is 5.02 Å². The van der Waals surface area contributed by atoms with E-state index in [9.17, 15) is 0 Å². The molecule has 0 aromatic heterocycles. The molecule has 104 valence electrons. The first-order chi connectivity index (χ1) is 8.83. The van der Waals surface area contributed by atoms with E-state index in [0.717, 1.165) is 10.9 Å². The topological polar surface area (TPSA) is 12.0 Å². The van der Waals surface area contributed by atoms with Gasteiger partial charge in [-0.15, -0.1) is 0 Å². The van der Waals surface area contributed by atoms with Crippen LogP contribution < -0.4 is 5.32 Å². The number of hydrogen-bond acceptors (Lipinski definition) is 1. The first kappa shape index (κ1) is 14.0. The zero-order valence-electron chi connectivity index (χ0n) is 11.8. The molecule has 2 aliphatic rings. The van der Waals surface area contributed by atoms with Crippen molar-refractivity contribution in [2.75, 3.05) is 5.32 Å². The van der Waals surface area contributed by atoms with Crippen molar-refractivity contribution in [3.63, 3.8) is 0 Å². The summed E-state index contributed by atoms with van der Waals surface area (Å²) in [4.78, 5) is 0. The minimum atomic E-state index is 0.385. The highest BCUT2D eigenvalue weighted by Crippen LogP contribution is 2.63. The monoisotopic (exact) mass is 389 g/mol. The summed E-state index contributed by atoms with van der Waals surface area (Å²) in [6, 6.07) is 6.70. The molecule has 0 amide bonds. The third-order valence-corrected chi connectivity index (χ3v) is 6.63. The molecule has 0 saturated heterocycles. The van der Waals surface area contributed by atoms with Gasteiger partial charge in [-0.1, -0.05) is 32.4 Å². The van der Waals surface area contributed by atoms with Gasteiger partial charge < -0.3 is 5.32 Å². The molecule has 2 bridgehead atoms. The van der Waals surface area contributed by atoms with E-state index in [1.807, 2.05) is 12.1 Å². The van der Waals surface area contributed by atoms with Gasteiger partial charge in [0.15, 0.2) is 0 Å². The van der Waals surface area contributed by atoms with Crippen LogP contribution in [0, 0.1) is 20.3 Å². The van der Waals surface area contributed by atoms with E-state index >= 15 is 0 Å². The third-order valence-electron chi connectivity index (χ3n) is 5.50. The fourth-order valence-corrected chi connectivity index (χ4v) is 5.45. The van der Waals surface area contributed by atoms with E-state index in [1.165, 1.54) is 28.5 Å². The van der Waals surface area contributed by atoms with Crippen molar-refractivity contribution in [1.29, 1.82) is 0 Å². The summed E-state index contributed by atoms with van der Waals surface area (Å²) in [5, 5.41) is 4.65. The number of anilines is 1. The standard InChI is InChI=1S/C16H21ClIN/c1-15(2)10-6-7-16(3,9-10)14(15)19-13-5-4-11(17)8-12(13)18/h4-5,8,10,14,19H,6-7,9H2,1-3H3/t10-,14?,16+/m0/s1. The molecule has 0 radical (unpaired) electrons. The van der Waals surface area contributed by atoms with E-state index in [1.54, 1.807) is 0 Å². The normalized spacial score (nSPS) is 35.6. The molecule has 2 aliphatic carbocycles. The molecule has 1 N–H and O–H groups in total. The SMILES string of the molecule is CC1(C)C(Nc2ccc(Cl)cc2I)[C@]2(C)CC[C@H]1C2. The van der Waals surface area contributed by atoms with Crippen LogP contribution >= 0.6 is 34.2 Å². The lowest BCUT2D eigenvalue weighted by molar-refractivity contribution is 0.155. The van der Waals surface area contributed by atoms with Gasteiger partial charge in [-0.05, 0) is 76.8 Å². The summed E-state index contributed by atoms with van der Waals surface area (Å²) < 4.78 is 1.22. The number of halogens is 2. The van der Waals surface area contributed by atoms with Gasteiger partial charge in [0, 0.05) is 20.3 Å². The predicted molar refractivity (Wildman–Crippen MR) is 90.8 cm³/mol. The number of benzene rings is 1. The summed E-state index contributed by atoms with van der Waals surface area (Å²) in [5.41, 5.74) is 2.07. The fraction of sp³-hybridized carbons (Fsp3) is 0.625. The molecule has 1 aromatic carbocycles. The van der Waals surface area contributed by atoms with E-state index in [-0.39, 0.29) is 0 Å². The quantitative estimate of drug-likeness (QED) is 0.652. The van der Waals surface area contributed by atoms with Gasteiger partial charge in [-0.25, -0.2) is 0 Å². The summed E-state index contributed by atoms with van der Waals surface area (Å²) in [7, 11) is 0. The Labute approximate surface area is 134 Å². The van der Waals surface area contributed by atoms with Crippen LogP contribution in [0.15, 0.2) is 18.2 Å². The van der Waals surface area contributed by atoms with Crippen LogP contribution in [0.1, 0.15) is 40.0 Å². The Bertz CT molecular complexity index is 509. The molecule has 3 atom stereocenters. The lowest BCUT2D eigenvalue weighted by atomic mass is 9.68. The van der Waals surface area contributed by atoms with E-state index in [0.29, 0.717) is 16.9 Å². The van der Waals surface area contributed by atoms with E-state index in [2.05, 4.69) is 54.7 Å². The minimum Gasteiger partial charge on any atom is -0.380 e. The van der Waals surface area contributed by atoms with Crippen LogP contribution in [0.3, 0.4) is 0 Å². The van der Waals surface area contributed by atoms with Crippen molar-refractivity contribution >= 4 is 39.9 Å². The minimum absolute atomic E-state index is 0.385. The Morgan fingerprint density at radius 1 is 1.32 bits per heavy atom. The highest BCUT2D eigenvalue weighted by molar-refractivity contribution is 14.1. The smallest absolute Gasteiger partial charge is 0.0479 e. The van der Waals surface area contributed by atoms with Crippen LogP contribution in [-0.4, -0.2) is 6.04 Å². The predicted octanol–water partition coefficient (Wildman–Crippen LogP) is 5.57. The van der Waals surface area contributed by atoms with Gasteiger partial charge in [0.1, 0.15) is 0 Å². The Morgan fingerprint density at radius 2 is 2.05 bits per heavy atom. The summed E-state index contributed by atoms with van der Waals surface area (Å²) in [6.45, 7) is 7.33.